The van der Waals surface area contributed by atoms with Crippen molar-refractivity contribution in [3.8, 4) is 6.07 Å². The predicted octanol–water partition coefficient (Wildman–Crippen LogP) is 1.37. The zero-order chi connectivity index (χ0) is 13.0. The third kappa shape index (κ3) is 2.69. The van der Waals surface area contributed by atoms with Crippen LogP contribution in [0.3, 0.4) is 0 Å². The molecule has 0 bridgehead atoms. The Balaban J connectivity index is 2.01. The van der Waals surface area contributed by atoms with E-state index in [0.717, 1.165) is 25.9 Å². The maximum absolute atomic E-state index is 12.2. The standard InChI is InChI=1S/C14H17N3O/c15-9-11-1-3-13(4-2-11)14(18)17-7-5-12(10-16)6-8-17/h1-4,12H,5-8,10,16H2. The normalized spacial score (nSPS) is 16.3. The van der Waals surface area contributed by atoms with Gasteiger partial charge in [-0.05, 0) is 49.6 Å². The Kier molecular flexibility index (Phi) is 3.96. The third-order valence-corrected chi connectivity index (χ3v) is 3.50. The number of carbonyl (C=O) groups excluding carboxylic acids is 1. The van der Waals surface area contributed by atoms with Crippen molar-refractivity contribution in [2.75, 3.05) is 19.6 Å². The fourth-order valence-corrected chi connectivity index (χ4v) is 2.24. The summed E-state index contributed by atoms with van der Waals surface area (Å²) >= 11 is 0. The minimum absolute atomic E-state index is 0.0509. The molecule has 0 saturated carbocycles. The van der Waals surface area contributed by atoms with Gasteiger partial charge in [0, 0.05) is 18.7 Å². The molecule has 1 aromatic carbocycles. The predicted molar refractivity (Wildman–Crippen MR) is 68.8 cm³/mol. The third-order valence-electron chi connectivity index (χ3n) is 3.50. The van der Waals surface area contributed by atoms with Crippen molar-refractivity contribution in [1.29, 1.82) is 5.26 Å². The van der Waals surface area contributed by atoms with Crippen molar-refractivity contribution in [2.45, 2.75) is 12.8 Å². The van der Waals surface area contributed by atoms with E-state index in [1.54, 1.807) is 24.3 Å². The number of piperidine rings is 1. The van der Waals surface area contributed by atoms with Crippen LogP contribution in [0.15, 0.2) is 24.3 Å². The highest BCUT2D eigenvalue weighted by Gasteiger charge is 2.22. The van der Waals surface area contributed by atoms with Crippen molar-refractivity contribution in [2.24, 2.45) is 11.7 Å². The van der Waals surface area contributed by atoms with Crippen molar-refractivity contribution in [1.82, 2.24) is 4.90 Å². The highest BCUT2D eigenvalue weighted by Crippen LogP contribution is 2.18. The second-order valence-electron chi connectivity index (χ2n) is 4.66. The van der Waals surface area contributed by atoms with Crippen LogP contribution >= 0.6 is 0 Å². The van der Waals surface area contributed by atoms with Crippen molar-refractivity contribution in [3.63, 3.8) is 0 Å². The zero-order valence-electron chi connectivity index (χ0n) is 10.3. The number of likely N-dealkylation sites (tertiary alicyclic amines) is 1. The number of hydrogen-bond donors (Lipinski definition) is 1. The molecule has 0 spiro atoms. The lowest BCUT2D eigenvalue weighted by molar-refractivity contribution is 0.0693. The van der Waals surface area contributed by atoms with Gasteiger partial charge in [0.2, 0.25) is 0 Å². The van der Waals surface area contributed by atoms with E-state index in [0.29, 0.717) is 23.6 Å². The summed E-state index contributed by atoms with van der Waals surface area (Å²) in [6, 6.07) is 8.84. The summed E-state index contributed by atoms with van der Waals surface area (Å²) in [5, 5.41) is 8.71. The highest BCUT2D eigenvalue weighted by atomic mass is 16.2. The average molecular weight is 243 g/mol. The van der Waals surface area contributed by atoms with Crippen LogP contribution in [0, 0.1) is 17.2 Å². The first-order valence-corrected chi connectivity index (χ1v) is 6.24. The van der Waals surface area contributed by atoms with Crippen LogP contribution in [0.2, 0.25) is 0 Å². The second-order valence-corrected chi connectivity index (χ2v) is 4.66. The summed E-state index contributed by atoms with van der Waals surface area (Å²) in [7, 11) is 0. The van der Waals surface area contributed by atoms with Crippen molar-refractivity contribution >= 4 is 5.91 Å². The molecule has 4 nitrogen and oxygen atoms in total. The van der Waals surface area contributed by atoms with Gasteiger partial charge in [0.1, 0.15) is 0 Å². The van der Waals surface area contributed by atoms with E-state index in [1.165, 1.54) is 0 Å². The molecule has 0 atom stereocenters. The molecule has 1 saturated heterocycles. The Labute approximate surface area is 107 Å². The van der Waals surface area contributed by atoms with Gasteiger partial charge >= 0.3 is 0 Å². The number of amides is 1. The topological polar surface area (TPSA) is 70.1 Å². The number of nitriles is 1. The molecule has 0 unspecified atom stereocenters. The Hall–Kier alpha value is -1.86. The molecule has 94 valence electrons. The molecule has 18 heavy (non-hydrogen) atoms. The number of nitrogens with zero attached hydrogens (tertiary/aromatic N) is 2. The first-order chi connectivity index (χ1) is 8.74. The summed E-state index contributed by atoms with van der Waals surface area (Å²) in [4.78, 5) is 14.1. The molecule has 0 aromatic heterocycles. The molecule has 4 heteroatoms. The van der Waals surface area contributed by atoms with E-state index < -0.39 is 0 Å². The summed E-state index contributed by atoms with van der Waals surface area (Å²) in [6.07, 6.45) is 1.97. The lowest BCUT2D eigenvalue weighted by Crippen LogP contribution is -2.40. The summed E-state index contributed by atoms with van der Waals surface area (Å²) in [6.45, 7) is 2.26. The molecule has 1 amide bonds. The van der Waals surface area contributed by atoms with Gasteiger partial charge in [-0.2, -0.15) is 5.26 Å². The Morgan fingerprint density at radius 2 is 1.94 bits per heavy atom. The Morgan fingerprint density at radius 3 is 2.44 bits per heavy atom. The second kappa shape index (κ2) is 5.65. The smallest absolute Gasteiger partial charge is 0.253 e. The van der Waals surface area contributed by atoms with Gasteiger partial charge in [-0.15, -0.1) is 0 Å². The van der Waals surface area contributed by atoms with E-state index >= 15 is 0 Å². The summed E-state index contributed by atoms with van der Waals surface area (Å²) < 4.78 is 0. The van der Waals surface area contributed by atoms with Crippen LogP contribution in [0.25, 0.3) is 0 Å². The van der Waals surface area contributed by atoms with Gasteiger partial charge < -0.3 is 10.6 Å². The highest BCUT2D eigenvalue weighted by molar-refractivity contribution is 5.94. The van der Waals surface area contributed by atoms with Crippen molar-refractivity contribution in [3.05, 3.63) is 35.4 Å². The van der Waals surface area contributed by atoms with Crippen LogP contribution in [-0.2, 0) is 0 Å². The molecule has 0 aliphatic carbocycles. The number of nitrogens with two attached hydrogens (primary N) is 1. The summed E-state index contributed by atoms with van der Waals surface area (Å²) in [5.41, 5.74) is 6.86. The van der Waals surface area contributed by atoms with E-state index in [9.17, 15) is 4.79 Å². The molecule has 2 rings (SSSR count). The van der Waals surface area contributed by atoms with E-state index in [-0.39, 0.29) is 5.91 Å². The molecular weight excluding hydrogens is 226 g/mol. The maximum Gasteiger partial charge on any atom is 0.253 e. The first kappa shape index (κ1) is 12.6. The number of hydrogen-bond acceptors (Lipinski definition) is 3. The quantitative estimate of drug-likeness (QED) is 0.852. The fourth-order valence-electron chi connectivity index (χ4n) is 2.24. The lowest BCUT2D eigenvalue weighted by Gasteiger charge is -2.31. The monoisotopic (exact) mass is 243 g/mol. The minimum atomic E-state index is 0.0509. The zero-order valence-corrected chi connectivity index (χ0v) is 10.3. The van der Waals surface area contributed by atoms with Gasteiger partial charge in [0.25, 0.3) is 5.91 Å². The molecule has 0 radical (unpaired) electrons. The van der Waals surface area contributed by atoms with Crippen LogP contribution < -0.4 is 5.73 Å². The number of carbonyl (C=O) groups is 1. The Bertz CT molecular complexity index is 453. The van der Waals surface area contributed by atoms with Crippen LogP contribution in [-0.4, -0.2) is 30.4 Å². The van der Waals surface area contributed by atoms with Crippen LogP contribution in [0.1, 0.15) is 28.8 Å². The first-order valence-electron chi connectivity index (χ1n) is 6.24. The SMILES string of the molecule is N#Cc1ccc(C(=O)N2CCC(CN)CC2)cc1. The molecule has 1 aliphatic heterocycles. The minimum Gasteiger partial charge on any atom is -0.339 e. The fraction of sp³-hybridized carbons (Fsp3) is 0.429. The average Bonchev–Trinajstić information content (AvgIpc) is 2.47. The molecule has 2 N–H and O–H groups in total. The number of rotatable bonds is 2. The van der Waals surface area contributed by atoms with E-state index in [2.05, 4.69) is 0 Å². The van der Waals surface area contributed by atoms with E-state index in [4.69, 9.17) is 11.0 Å². The van der Waals surface area contributed by atoms with Gasteiger partial charge in [-0.25, -0.2) is 0 Å². The van der Waals surface area contributed by atoms with E-state index in [1.807, 2.05) is 11.0 Å². The molecule has 1 aliphatic rings. The van der Waals surface area contributed by atoms with Gasteiger partial charge in [0.15, 0.2) is 0 Å². The molecule has 1 fully saturated rings. The lowest BCUT2D eigenvalue weighted by atomic mass is 9.96. The maximum atomic E-state index is 12.2. The van der Waals surface area contributed by atoms with Crippen LogP contribution in [0.4, 0.5) is 0 Å². The summed E-state index contributed by atoms with van der Waals surface area (Å²) in [5.74, 6) is 0.602. The molecule has 1 heterocycles. The Morgan fingerprint density at radius 1 is 1.33 bits per heavy atom. The van der Waals surface area contributed by atoms with Gasteiger partial charge in [-0.1, -0.05) is 0 Å². The van der Waals surface area contributed by atoms with Gasteiger partial charge in [-0.3, -0.25) is 4.79 Å². The van der Waals surface area contributed by atoms with Gasteiger partial charge in [0.05, 0.1) is 11.6 Å². The molecule has 1 aromatic rings. The van der Waals surface area contributed by atoms with Crippen molar-refractivity contribution < 1.29 is 4.79 Å². The number of benzene rings is 1. The molecular formula is C14H17N3O. The largest absolute Gasteiger partial charge is 0.339 e. The van der Waals surface area contributed by atoms with Crippen LogP contribution in [0.5, 0.6) is 0 Å².